The molecule has 0 saturated heterocycles. The Kier molecular flexibility index (Phi) is 5.68. The van der Waals surface area contributed by atoms with Crippen LogP contribution in [-0.2, 0) is 9.59 Å². The maximum atomic E-state index is 13.7. The lowest BCUT2D eigenvalue weighted by atomic mass is 10.0. The van der Waals surface area contributed by atoms with Crippen molar-refractivity contribution in [3.63, 3.8) is 0 Å². The van der Waals surface area contributed by atoms with Crippen molar-refractivity contribution in [2.75, 3.05) is 16.8 Å². The van der Waals surface area contributed by atoms with Gasteiger partial charge in [0.25, 0.3) is 11.8 Å². The van der Waals surface area contributed by atoms with Gasteiger partial charge in [-0.2, -0.15) is 0 Å². The molecule has 0 unspecified atom stereocenters. The SMILES string of the molecule is CCOc1cccc(N2C(=O)C(Nc3ccc(F)c(F)c3)=C(c3ccc(F)cc3)C2=O)c1. The Morgan fingerprint density at radius 3 is 2.31 bits per heavy atom. The standard InChI is InChI=1S/C24H17F3N2O3/c1-2-32-18-5-3-4-17(13-18)29-23(30)21(14-6-8-15(25)9-7-14)22(24(29)31)28-16-10-11-19(26)20(27)12-16/h3-13,28H,2H2,1H3. The maximum absolute atomic E-state index is 13.7. The van der Waals surface area contributed by atoms with Gasteiger partial charge in [-0.25, -0.2) is 18.1 Å². The smallest absolute Gasteiger partial charge is 0.282 e. The number of amides is 2. The highest BCUT2D eigenvalue weighted by molar-refractivity contribution is 6.46. The van der Waals surface area contributed by atoms with Gasteiger partial charge in [0.05, 0.1) is 17.9 Å². The molecule has 162 valence electrons. The number of carbonyl (C=O) groups excluding carboxylic acids is 2. The quantitative estimate of drug-likeness (QED) is 0.557. The first-order chi connectivity index (χ1) is 15.4. The molecule has 0 bridgehead atoms. The number of imide groups is 1. The first-order valence-corrected chi connectivity index (χ1v) is 9.73. The molecule has 1 heterocycles. The molecule has 0 radical (unpaired) electrons. The van der Waals surface area contributed by atoms with E-state index in [9.17, 15) is 22.8 Å². The summed E-state index contributed by atoms with van der Waals surface area (Å²) in [6.45, 7) is 2.20. The minimum Gasteiger partial charge on any atom is -0.494 e. The predicted octanol–water partition coefficient (Wildman–Crippen LogP) is 4.90. The molecule has 1 N–H and O–H groups in total. The van der Waals surface area contributed by atoms with E-state index in [1.807, 2.05) is 0 Å². The van der Waals surface area contributed by atoms with Crippen LogP contribution in [0, 0.1) is 17.5 Å². The van der Waals surface area contributed by atoms with Crippen molar-refractivity contribution < 1.29 is 27.5 Å². The molecule has 4 rings (SSSR count). The summed E-state index contributed by atoms with van der Waals surface area (Å²) in [7, 11) is 0. The maximum Gasteiger partial charge on any atom is 0.282 e. The molecule has 3 aromatic carbocycles. The Morgan fingerprint density at radius 1 is 0.875 bits per heavy atom. The lowest BCUT2D eigenvalue weighted by Crippen LogP contribution is -2.32. The van der Waals surface area contributed by atoms with Gasteiger partial charge in [0.2, 0.25) is 0 Å². The fourth-order valence-electron chi connectivity index (χ4n) is 3.36. The normalized spacial score (nSPS) is 13.7. The van der Waals surface area contributed by atoms with Crippen molar-refractivity contribution in [3.05, 3.63) is 95.4 Å². The Bertz CT molecular complexity index is 1240. The topological polar surface area (TPSA) is 58.6 Å². The van der Waals surface area contributed by atoms with Crippen molar-refractivity contribution in [3.8, 4) is 5.75 Å². The number of anilines is 2. The van der Waals surface area contributed by atoms with Gasteiger partial charge in [-0.3, -0.25) is 9.59 Å². The first-order valence-electron chi connectivity index (χ1n) is 9.73. The number of hydrogen-bond donors (Lipinski definition) is 1. The summed E-state index contributed by atoms with van der Waals surface area (Å²) in [6, 6.07) is 14.5. The molecule has 0 aromatic heterocycles. The number of nitrogens with one attached hydrogen (secondary N) is 1. The summed E-state index contributed by atoms with van der Waals surface area (Å²) in [5.74, 6) is -3.56. The number of benzene rings is 3. The molecule has 0 saturated carbocycles. The molecule has 3 aromatic rings. The summed E-state index contributed by atoms with van der Waals surface area (Å²) in [4.78, 5) is 27.6. The van der Waals surface area contributed by atoms with Crippen LogP contribution in [0.25, 0.3) is 5.57 Å². The van der Waals surface area contributed by atoms with Gasteiger partial charge in [-0.15, -0.1) is 0 Å². The van der Waals surface area contributed by atoms with Crippen LogP contribution in [0.4, 0.5) is 24.5 Å². The number of carbonyl (C=O) groups is 2. The molecular formula is C24H17F3N2O3. The molecule has 1 aliphatic rings. The second-order valence-electron chi connectivity index (χ2n) is 6.89. The van der Waals surface area contributed by atoms with Crippen LogP contribution in [0.15, 0.2) is 72.4 Å². The van der Waals surface area contributed by atoms with Crippen LogP contribution < -0.4 is 15.0 Å². The van der Waals surface area contributed by atoms with Gasteiger partial charge in [0.15, 0.2) is 11.6 Å². The Labute approximate surface area is 181 Å². The van der Waals surface area contributed by atoms with E-state index in [2.05, 4.69) is 5.32 Å². The molecule has 5 nitrogen and oxygen atoms in total. The largest absolute Gasteiger partial charge is 0.494 e. The number of ether oxygens (including phenoxy) is 1. The summed E-state index contributed by atoms with van der Waals surface area (Å²) in [5.41, 5.74) is 0.464. The van der Waals surface area contributed by atoms with Crippen molar-refractivity contribution in [1.29, 1.82) is 0 Å². The third-order valence-electron chi connectivity index (χ3n) is 4.79. The van der Waals surface area contributed by atoms with E-state index in [1.165, 1.54) is 18.2 Å². The van der Waals surface area contributed by atoms with Crippen LogP contribution in [0.5, 0.6) is 5.75 Å². The zero-order valence-corrected chi connectivity index (χ0v) is 16.9. The fraction of sp³-hybridized carbons (Fsp3) is 0.0833. The van der Waals surface area contributed by atoms with Crippen molar-refractivity contribution in [2.24, 2.45) is 0 Å². The lowest BCUT2D eigenvalue weighted by molar-refractivity contribution is -0.120. The third-order valence-corrected chi connectivity index (χ3v) is 4.79. The molecule has 0 atom stereocenters. The molecule has 1 aliphatic heterocycles. The first kappa shape index (κ1) is 21.2. The van der Waals surface area contributed by atoms with Gasteiger partial charge >= 0.3 is 0 Å². The van der Waals surface area contributed by atoms with E-state index in [0.717, 1.165) is 29.2 Å². The number of nitrogens with zero attached hydrogens (tertiary/aromatic N) is 1. The lowest BCUT2D eigenvalue weighted by Gasteiger charge is -2.16. The van der Waals surface area contributed by atoms with Crippen LogP contribution in [0.2, 0.25) is 0 Å². The molecule has 32 heavy (non-hydrogen) atoms. The van der Waals surface area contributed by atoms with Gasteiger partial charge in [-0.1, -0.05) is 18.2 Å². The third kappa shape index (κ3) is 3.94. The minimum absolute atomic E-state index is 0.0263. The highest BCUT2D eigenvalue weighted by Crippen LogP contribution is 2.35. The van der Waals surface area contributed by atoms with E-state index >= 15 is 0 Å². The molecule has 0 fully saturated rings. The summed E-state index contributed by atoms with van der Waals surface area (Å²) in [5, 5.41) is 2.73. The van der Waals surface area contributed by atoms with E-state index in [4.69, 9.17) is 4.74 Å². The van der Waals surface area contributed by atoms with E-state index < -0.39 is 29.3 Å². The highest BCUT2D eigenvalue weighted by atomic mass is 19.2. The van der Waals surface area contributed by atoms with Gasteiger partial charge in [-0.05, 0) is 48.9 Å². The number of rotatable bonds is 6. The van der Waals surface area contributed by atoms with Crippen LogP contribution in [-0.4, -0.2) is 18.4 Å². The Hall–Kier alpha value is -4.07. The second-order valence-corrected chi connectivity index (χ2v) is 6.89. The fourth-order valence-corrected chi connectivity index (χ4v) is 3.36. The van der Waals surface area contributed by atoms with Crippen LogP contribution in [0.3, 0.4) is 0 Å². The van der Waals surface area contributed by atoms with Crippen LogP contribution >= 0.6 is 0 Å². The van der Waals surface area contributed by atoms with E-state index in [1.54, 1.807) is 31.2 Å². The number of hydrogen-bond acceptors (Lipinski definition) is 4. The highest BCUT2D eigenvalue weighted by Gasteiger charge is 2.40. The molecule has 0 aliphatic carbocycles. The second kappa shape index (κ2) is 8.58. The Morgan fingerprint density at radius 2 is 1.62 bits per heavy atom. The molecule has 2 amide bonds. The van der Waals surface area contributed by atoms with Crippen LogP contribution in [0.1, 0.15) is 12.5 Å². The molecule has 0 spiro atoms. The van der Waals surface area contributed by atoms with E-state index in [0.29, 0.717) is 17.9 Å². The predicted molar refractivity (Wildman–Crippen MR) is 113 cm³/mol. The summed E-state index contributed by atoms with van der Waals surface area (Å²) >= 11 is 0. The molecular weight excluding hydrogens is 421 g/mol. The van der Waals surface area contributed by atoms with E-state index in [-0.39, 0.29) is 22.6 Å². The average molecular weight is 438 g/mol. The summed E-state index contributed by atoms with van der Waals surface area (Å²) in [6.07, 6.45) is 0. The van der Waals surface area contributed by atoms with Gasteiger partial charge in [0.1, 0.15) is 17.3 Å². The summed E-state index contributed by atoms with van der Waals surface area (Å²) < 4.78 is 45.9. The van der Waals surface area contributed by atoms with Crippen molar-refractivity contribution in [1.82, 2.24) is 0 Å². The average Bonchev–Trinajstić information content (AvgIpc) is 3.01. The zero-order valence-electron chi connectivity index (χ0n) is 16.9. The number of halogens is 3. The van der Waals surface area contributed by atoms with Gasteiger partial charge < -0.3 is 10.1 Å². The van der Waals surface area contributed by atoms with Gasteiger partial charge in [0, 0.05) is 17.8 Å². The monoisotopic (exact) mass is 438 g/mol. The minimum atomic E-state index is -1.11. The molecule has 8 heteroatoms. The zero-order chi connectivity index (χ0) is 22.8. The van der Waals surface area contributed by atoms with Crippen molar-refractivity contribution >= 4 is 28.8 Å². The Balaban J connectivity index is 1.80. The van der Waals surface area contributed by atoms with Crippen molar-refractivity contribution in [2.45, 2.75) is 6.92 Å².